The molecule has 2 N–H and O–H groups in total. The molecule has 0 aliphatic carbocycles. The molecule has 0 aliphatic heterocycles. The van der Waals surface area contributed by atoms with Gasteiger partial charge in [-0.3, -0.25) is 4.99 Å². The second-order valence-electron chi connectivity index (χ2n) is 3.06. The van der Waals surface area contributed by atoms with Crippen molar-refractivity contribution in [1.82, 2.24) is 9.97 Å². The fourth-order valence-electron chi connectivity index (χ4n) is 1.12. The van der Waals surface area contributed by atoms with E-state index in [-0.39, 0.29) is 0 Å². The lowest BCUT2D eigenvalue weighted by molar-refractivity contribution is 1.19. The number of halogens is 1. The summed E-state index contributed by atoms with van der Waals surface area (Å²) >= 11 is 5.76. The number of hydrogen-bond donors (Lipinski definition) is 1. The molecule has 0 saturated carbocycles. The van der Waals surface area contributed by atoms with E-state index in [4.69, 9.17) is 17.3 Å². The summed E-state index contributed by atoms with van der Waals surface area (Å²) in [5.74, 6) is 0.361. The first-order valence-electron chi connectivity index (χ1n) is 4.62. The smallest absolute Gasteiger partial charge is 0.150 e. The number of nitrogens with two attached hydrogens (primary N) is 1. The van der Waals surface area contributed by atoms with Crippen LogP contribution in [-0.4, -0.2) is 16.2 Å². The Hall–Kier alpha value is -1.94. The molecule has 0 fully saturated rings. The molecule has 0 amide bonds. The van der Waals surface area contributed by atoms with E-state index in [2.05, 4.69) is 15.0 Å². The molecule has 1 heterocycles. The predicted molar refractivity (Wildman–Crippen MR) is 65.2 cm³/mol. The molecule has 1 aromatic carbocycles. The minimum Gasteiger partial charge on any atom is -0.382 e. The molecule has 0 unspecified atom stereocenters. The molecule has 0 aliphatic rings. The van der Waals surface area contributed by atoms with E-state index < -0.39 is 0 Å². The van der Waals surface area contributed by atoms with Crippen molar-refractivity contribution in [3.8, 4) is 0 Å². The predicted octanol–water partition coefficient (Wildman–Crippen LogP) is 2.46. The Balaban J connectivity index is 2.21. The highest BCUT2D eigenvalue weighted by molar-refractivity contribution is 6.30. The summed E-state index contributed by atoms with van der Waals surface area (Å²) in [6.45, 7) is 0. The van der Waals surface area contributed by atoms with Gasteiger partial charge in [-0.2, -0.15) is 0 Å². The molecular formula is C11H9ClN4. The summed E-state index contributed by atoms with van der Waals surface area (Å²) < 4.78 is 0. The van der Waals surface area contributed by atoms with Crippen LogP contribution in [0.2, 0.25) is 5.02 Å². The van der Waals surface area contributed by atoms with E-state index in [1.54, 1.807) is 24.5 Å². The zero-order chi connectivity index (χ0) is 11.4. The van der Waals surface area contributed by atoms with Crippen LogP contribution in [0.1, 0.15) is 5.69 Å². The average molecular weight is 233 g/mol. The Morgan fingerprint density at radius 2 is 1.81 bits per heavy atom. The number of aromatic nitrogens is 2. The van der Waals surface area contributed by atoms with Gasteiger partial charge in [0.1, 0.15) is 5.69 Å². The van der Waals surface area contributed by atoms with Crippen LogP contribution in [0.5, 0.6) is 0 Å². The first-order valence-corrected chi connectivity index (χ1v) is 4.99. The first kappa shape index (κ1) is 10.6. The monoisotopic (exact) mass is 232 g/mol. The van der Waals surface area contributed by atoms with Gasteiger partial charge >= 0.3 is 0 Å². The first-order chi connectivity index (χ1) is 7.75. The Bertz CT molecular complexity index is 508. The van der Waals surface area contributed by atoms with Gasteiger partial charge in [-0.05, 0) is 24.3 Å². The lowest BCUT2D eigenvalue weighted by Gasteiger charge is -1.96. The summed E-state index contributed by atoms with van der Waals surface area (Å²) in [5, 5.41) is 0.679. The molecule has 5 heteroatoms. The van der Waals surface area contributed by atoms with Gasteiger partial charge in [-0.1, -0.05) is 11.6 Å². The molecule has 1 aromatic heterocycles. The maximum atomic E-state index is 5.76. The molecule has 0 radical (unpaired) electrons. The summed E-state index contributed by atoms with van der Waals surface area (Å²) in [6, 6.07) is 7.17. The van der Waals surface area contributed by atoms with Gasteiger partial charge in [0, 0.05) is 17.4 Å². The highest BCUT2D eigenvalue weighted by atomic mass is 35.5. The summed E-state index contributed by atoms with van der Waals surface area (Å²) in [6.07, 6.45) is 4.68. The van der Waals surface area contributed by atoms with Crippen molar-refractivity contribution >= 4 is 29.3 Å². The Labute approximate surface area is 97.8 Å². The molecular weight excluding hydrogens is 224 g/mol. The van der Waals surface area contributed by atoms with E-state index in [0.29, 0.717) is 16.5 Å². The molecule has 2 rings (SSSR count). The summed E-state index contributed by atoms with van der Waals surface area (Å²) in [7, 11) is 0. The molecule has 80 valence electrons. The summed E-state index contributed by atoms with van der Waals surface area (Å²) in [4.78, 5) is 12.2. The Morgan fingerprint density at radius 3 is 2.50 bits per heavy atom. The van der Waals surface area contributed by atoms with Crippen LogP contribution in [0.25, 0.3) is 0 Å². The standard InChI is InChI=1S/C11H9ClN4/c12-8-1-3-9(4-2-8)16-7-10-11(13)15-6-5-14-10/h1-7H,(H2,13,15). The van der Waals surface area contributed by atoms with Crippen molar-refractivity contribution in [1.29, 1.82) is 0 Å². The highest BCUT2D eigenvalue weighted by Crippen LogP contribution is 2.16. The number of nitrogen functional groups attached to an aromatic ring is 1. The Kier molecular flexibility index (Phi) is 3.12. The topological polar surface area (TPSA) is 64.2 Å². The lowest BCUT2D eigenvalue weighted by Crippen LogP contribution is -1.98. The second-order valence-corrected chi connectivity index (χ2v) is 3.50. The van der Waals surface area contributed by atoms with Crippen LogP contribution in [0, 0.1) is 0 Å². The second kappa shape index (κ2) is 4.72. The summed E-state index contributed by atoms with van der Waals surface area (Å²) in [5.41, 5.74) is 6.96. The van der Waals surface area contributed by atoms with Gasteiger partial charge in [0.15, 0.2) is 5.82 Å². The van der Waals surface area contributed by atoms with E-state index in [1.165, 1.54) is 6.20 Å². The van der Waals surface area contributed by atoms with Crippen LogP contribution in [0.15, 0.2) is 41.7 Å². The minimum absolute atomic E-state index is 0.361. The molecule has 0 saturated heterocycles. The highest BCUT2D eigenvalue weighted by Gasteiger charge is 1.96. The third-order valence-electron chi connectivity index (χ3n) is 1.92. The lowest BCUT2D eigenvalue weighted by atomic mass is 10.3. The van der Waals surface area contributed by atoms with Gasteiger partial charge in [-0.15, -0.1) is 0 Å². The minimum atomic E-state index is 0.361. The quantitative estimate of drug-likeness (QED) is 0.809. The van der Waals surface area contributed by atoms with Crippen molar-refractivity contribution in [3.05, 3.63) is 47.4 Å². The van der Waals surface area contributed by atoms with Gasteiger partial charge < -0.3 is 5.73 Å². The maximum Gasteiger partial charge on any atom is 0.150 e. The van der Waals surface area contributed by atoms with Gasteiger partial charge in [0.2, 0.25) is 0 Å². The largest absolute Gasteiger partial charge is 0.382 e. The SMILES string of the molecule is Nc1nccnc1C=Nc1ccc(Cl)cc1. The maximum absolute atomic E-state index is 5.76. The molecule has 4 nitrogen and oxygen atoms in total. The van der Waals surface area contributed by atoms with Gasteiger partial charge in [0.05, 0.1) is 11.9 Å². The molecule has 0 bridgehead atoms. The third-order valence-corrected chi connectivity index (χ3v) is 2.17. The van der Waals surface area contributed by atoms with Gasteiger partial charge in [-0.25, -0.2) is 9.97 Å². The van der Waals surface area contributed by atoms with Crippen LogP contribution < -0.4 is 5.73 Å². The number of anilines is 1. The van der Waals surface area contributed by atoms with Crippen molar-refractivity contribution in [2.75, 3.05) is 5.73 Å². The van der Waals surface area contributed by atoms with Crippen molar-refractivity contribution in [2.45, 2.75) is 0 Å². The molecule has 0 spiro atoms. The average Bonchev–Trinajstić information content (AvgIpc) is 2.30. The van der Waals surface area contributed by atoms with Crippen molar-refractivity contribution in [2.24, 2.45) is 4.99 Å². The van der Waals surface area contributed by atoms with Crippen LogP contribution in [0.4, 0.5) is 11.5 Å². The number of benzene rings is 1. The van der Waals surface area contributed by atoms with Gasteiger partial charge in [0.25, 0.3) is 0 Å². The number of rotatable bonds is 2. The van der Waals surface area contributed by atoms with E-state index >= 15 is 0 Å². The number of aliphatic imine (C=N–C) groups is 1. The number of nitrogens with zero attached hydrogens (tertiary/aromatic N) is 3. The third kappa shape index (κ3) is 2.55. The van der Waals surface area contributed by atoms with Crippen LogP contribution >= 0.6 is 11.6 Å². The van der Waals surface area contributed by atoms with E-state index in [1.807, 2.05) is 12.1 Å². The number of hydrogen-bond acceptors (Lipinski definition) is 4. The zero-order valence-electron chi connectivity index (χ0n) is 8.34. The molecule has 0 atom stereocenters. The van der Waals surface area contributed by atoms with Crippen LogP contribution in [0.3, 0.4) is 0 Å². The zero-order valence-corrected chi connectivity index (χ0v) is 9.09. The van der Waals surface area contributed by atoms with E-state index in [0.717, 1.165) is 5.69 Å². The fourth-order valence-corrected chi connectivity index (χ4v) is 1.25. The fraction of sp³-hybridized carbons (Fsp3) is 0. The van der Waals surface area contributed by atoms with E-state index in [9.17, 15) is 0 Å². The van der Waals surface area contributed by atoms with Crippen molar-refractivity contribution in [3.63, 3.8) is 0 Å². The van der Waals surface area contributed by atoms with Crippen molar-refractivity contribution < 1.29 is 0 Å². The molecule has 16 heavy (non-hydrogen) atoms. The molecule has 2 aromatic rings. The normalized spacial score (nSPS) is 10.8. The Morgan fingerprint density at radius 1 is 1.12 bits per heavy atom. The van der Waals surface area contributed by atoms with Crippen LogP contribution in [-0.2, 0) is 0 Å².